The van der Waals surface area contributed by atoms with Gasteiger partial charge in [-0.05, 0) is 51.3 Å². The number of ether oxygens (including phenoxy) is 2. The predicted molar refractivity (Wildman–Crippen MR) is 100 cm³/mol. The first-order valence-corrected chi connectivity index (χ1v) is 9.95. The van der Waals surface area contributed by atoms with Gasteiger partial charge in [-0.25, -0.2) is 0 Å². The number of fused-ring (bicyclic) bond motifs is 4. The molecule has 7 nitrogen and oxygen atoms in total. The lowest BCUT2D eigenvalue weighted by Gasteiger charge is -2.50. The first-order chi connectivity index (χ1) is 13.3. The van der Waals surface area contributed by atoms with Gasteiger partial charge in [0.2, 0.25) is 5.91 Å². The van der Waals surface area contributed by atoms with E-state index in [0.717, 1.165) is 24.2 Å². The number of aliphatic carboxylic acids is 1. The Morgan fingerprint density at radius 1 is 1.29 bits per heavy atom. The lowest BCUT2D eigenvalue weighted by molar-refractivity contribution is -0.167. The van der Waals surface area contributed by atoms with E-state index >= 15 is 0 Å². The Balaban J connectivity index is 1.53. The van der Waals surface area contributed by atoms with Crippen molar-refractivity contribution in [1.29, 1.82) is 0 Å². The summed E-state index contributed by atoms with van der Waals surface area (Å²) in [5.41, 5.74) is 0.411. The summed E-state index contributed by atoms with van der Waals surface area (Å²) >= 11 is 0. The molecule has 0 unspecified atom stereocenters. The SMILES string of the molecule is CC1(C)Oc2ccc(O)cc2[C@@H]2O[C@@H]3CCN(C(=O)CCCC(=O)O)[C@H]3C[C@H]21. The molecule has 3 aliphatic rings. The van der Waals surface area contributed by atoms with Crippen molar-refractivity contribution in [2.45, 2.75) is 69.8 Å². The van der Waals surface area contributed by atoms with Gasteiger partial charge < -0.3 is 24.6 Å². The molecule has 4 rings (SSSR count). The van der Waals surface area contributed by atoms with Gasteiger partial charge in [0.15, 0.2) is 0 Å². The second kappa shape index (κ2) is 6.95. The van der Waals surface area contributed by atoms with E-state index in [4.69, 9.17) is 14.6 Å². The molecule has 0 aliphatic carbocycles. The molecule has 3 heterocycles. The monoisotopic (exact) mass is 389 g/mol. The minimum absolute atomic E-state index is 0.00313. The highest BCUT2D eigenvalue weighted by Gasteiger charge is 2.53. The van der Waals surface area contributed by atoms with Crippen LogP contribution in [0.15, 0.2) is 18.2 Å². The second-order valence-corrected chi connectivity index (χ2v) is 8.56. The fraction of sp³-hybridized carbons (Fsp3) is 0.619. The number of phenols is 1. The molecule has 1 aromatic rings. The normalized spacial score (nSPS) is 30.0. The molecule has 152 valence electrons. The molecule has 0 radical (unpaired) electrons. The van der Waals surface area contributed by atoms with Crippen LogP contribution in [0.4, 0.5) is 0 Å². The topological polar surface area (TPSA) is 96.3 Å². The van der Waals surface area contributed by atoms with E-state index in [2.05, 4.69) is 0 Å². The summed E-state index contributed by atoms with van der Waals surface area (Å²) in [5, 5.41) is 18.7. The Labute approximate surface area is 164 Å². The predicted octanol–water partition coefficient (Wildman–Crippen LogP) is 2.87. The summed E-state index contributed by atoms with van der Waals surface area (Å²) < 4.78 is 12.7. The van der Waals surface area contributed by atoms with E-state index in [0.29, 0.717) is 13.0 Å². The Morgan fingerprint density at radius 2 is 2.07 bits per heavy atom. The lowest BCUT2D eigenvalue weighted by atomic mass is 9.74. The maximum atomic E-state index is 12.7. The number of aromatic hydroxyl groups is 1. The summed E-state index contributed by atoms with van der Waals surface area (Å²) in [6.45, 7) is 4.71. The summed E-state index contributed by atoms with van der Waals surface area (Å²) in [6.07, 6.45) is 1.94. The van der Waals surface area contributed by atoms with Crippen LogP contribution >= 0.6 is 0 Å². The van der Waals surface area contributed by atoms with E-state index in [1.165, 1.54) is 0 Å². The molecule has 1 amide bonds. The van der Waals surface area contributed by atoms with Crippen molar-refractivity contribution in [3.8, 4) is 11.5 Å². The van der Waals surface area contributed by atoms with Crippen LogP contribution in [0.25, 0.3) is 0 Å². The zero-order valence-electron chi connectivity index (χ0n) is 16.3. The molecular weight excluding hydrogens is 362 g/mol. The fourth-order valence-electron chi connectivity index (χ4n) is 4.92. The van der Waals surface area contributed by atoms with Gasteiger partial charge >= 0.3 is 5.97 Å². The highest BCUT2D eigenvalue weighted by Crippen LogP contribution is 2.53. The highest BCUT2D eigenvalue weighted by molar-refractivity contribution is 5.77. The third-order valence-electron chi connectivity index (χ3n) is 6.33. The molecule has 4 atom stereocenters. The molecule has 0 aromatic heterocycles. The van der Waals surface area contributed by atoms with Crippen molar-refractivity contribution < 1.29 is 29.3 Å². The van der Waals surface area contributed by atoms with Crippen molar-refractivity contribution >= 4 is 11.9 Å². The maximum Gasteiger partial charge on any atom is 0.303 e. The molecule has 2 fully saturated rings. The summed E-state index contributed by atoms with van der Waals surface area (Å²) in [5.74, 6) is 0.105. The smallest absolute Gasteiger partial charge is 0.303 e. The molecular formula is C21H27NO6. The molecule has 3 aliphatic heterocycles. The van der Waals surface area contributed by atoms with Crippen LogP contribution in [0.5, 0.6) is 11.5 Å². The standard InChI is InChI=1S/C21H27NO6/c1-21(2)14-11-15-17(8-9-22(15)18(24)4-3-5-19(25)26)27-20(14)13-10-12(23)6-7-16(13)28-21/h6-7,10,14-15,17,20,23H,3-5,8-9,11H2,1-2H3,(H,25,26)/t14-,15+,17-,20+/m1/s1. The van der Waals surface area contributed by atoms with Gasteiger partial charge in [-0.3, -0.25) is 9.59 Å². The van der Waals surface area contributed by atoms with Gasteiger partial charge in [0, 0.05) is 30.9 Å². The van der Waals surface area contributed by atoms with Gasteiger partial charge in [-0.2, -0.15) is 0 Å². The van der Waals surface area contributed by atoms with Gasteiger partial charge in [0.1, 0.15) is 17.1 Å². The van der Waals surface area contributed by atoms with E-state index in [1.54, 1.807) is 18.2 Å². The van der Waals surface area contributed by atoms with Crippen molar-refractivity contribution in [2.24, 2.45) is 5.92 Å². The first kappa shape index (κ1) is 19.1. The Bertz CT molecular complexity index is 791. The number of rotatable bonds is 4. The largest absolute Gasteiger partial charge is 0.508 e. The number of carboxylic acid groups (broad SMARTS) is 1. The minimum Gasteiger partial charge on any atom is -0.508 e. The number of carbonyl (C=O) groups is 2. The van der Waals surface area contributed by atoms with E-state index < -0.39 is 11.6 Å². The summed E-state index contributed by atoms with van der Waals surface area (Å²) in [6, 6.07) is 5.10. The average molecular weight is 389 g/mol. The number of carboxylic acids is 1. The van der Waals surface area contributed by atoms with E-state index in [-0.39, 0.29) is 48.7 Å². The first-order valence-electron chi connectivity index (χ1n) is 9.95. The summed E-state index contributed by atoms with van der Waals surface area (Å²) in [7, 11) is 0. The fourth-order valence-corrected chi connectivity index (χ4v) is 4.92. The average Bonchev–Trinajstić information content (AvgIpc) is 3.04. The van der Waals surface area contributed by atoms with E-state index in [9.17, 15) is 14.7 Å². The van der Waals surface area contributed by atoms with Crippen molar-refractivity contribution in [1.82, 2.24) is 4.90 Å². The lowest BCUT2D eigenvalue weighted by Crippen LogP contribution is -2.54. The minimum atomic E-state index is -0.876. The molecule has 0 bridgehead atoms. The van der Waals surface area contributed by atoms with Gasteiger partial charge in [0.05, 0.1) is 18.2 Å². The second-order valence-electron chi connectivity index (χ2n) is 8.56. The van der Waals surface area contributed by atoms with Crippen molar-refractivity contribution in [3.63, 3.8) is 0 Å². The van der Waals surface area contributed by atoms with Gasteiger partial charge in [-0.15, -0.1) is 0 Å². The quantitative estimate of drug-likeness (QED) is 0.822. The van der Waals surface area contributed by atoms with Crippen LogP contribution in [0.2, 0.25) is 0 Å². The molecule has 7 heteroatoms. The molecule has 0 saturated carbocycles. The van der Waals surface area contributed by atoms with Crippen molar-refractivity contribution in [2.75, 3.05) is 6.54 Å². The third-order valence-corrected chi connectivity index (χ3v) is 6.33. The molecule has 2 N–H and O–H groups in total. The highest BCUT2D eigenvalue weighted by atomic mass is 16.5. The Kier molecular flexibility index (Phi) is 4.73. The zero-order chi connectivity index (χ0) is 20.1. The van der Waals surface area contributed by atoms with E-state index in [1.807, 2.05) is 18.7 Å². The number of hydrogen-bond acceptors (Lipinski definition) is 5. The number of amides is 1. The van der Waals surface area contributed by atoms with Crippen LogP contribution in [0, 0.1) is 5.92 Å². The molecule has 1 aromatic carbocycles. The molecule has 2 saturated heterocycles. The number of benzene rings is 1. The van der Waals surface area contributed by atoms with Gasteiger partial charge in [-0.1, -0.05) is 0 Å². The third kappa shape index (κ3) is 3.32. The van der Waals surface area contributed by atoms with Crippen LogP contribution in [0.3, 0.4) is 0 Å². The Morgan fingerprint density at radius 3 is 2.82 bits per heavy atom. The Hall–Kier alpha value is -2.28. The van der Waals surface area contributed by atoms with Gasteiger partial charge in [0.25, 0.3) is 0 Å². The number of hydrogen-bond donors (Lipinski definition) is 2. The van der Waals surface area contributed by atoms with Crippen LogP contribution < -0.4 is 4.74 Å². The number of carbonyl (C=O) groups excluding carboxylic acids is 1. The molecule has 0 spiro atoms. The van der Waals surface area contributed by atoms with Crippen LogP contribution in [-0.4, -0.2) is 51.3 Å². The molecule has 28 heavy (non-hydrogen) atoms. The number of nitrogens with zero attached hydrogens (tertiary/aromatic N) is 1. The van der Waals surface area contributed by atoms with Crippen LogP contribution in [-0.2, 0) is 14.3 Å². The van der Waals surface area contributed by atoms with Crippen LogP contribution in [0.1, 0.15) is 57.6 Å². The number of likely N-dealkylation sites (tertiary alicyclic amines) is 1. The summed E-state index contributed by atoms with van der Waals surface area (Å²) in [4.78, 5) is 25.2. The zero-order valence-corrected chi connectivity index (χ0v) is 16.3. The van der Waals surface area contributed by atoms with Crippen molar-refractivity contribution in [3.05, 3.63) is 23.8 Å². The number of phenolic OH excluding ortho intramolecular Hbond substituents is 1. The maximum absolute atomic E-state index is 12.7.